The summed E-state index contributed by atoms with van der Waals surface area (Å²) in [4.78, 5) is 13.8. The van der Waals surface area contributed by atoms with E-state index in [1.54, 1.807) is 18.1 Å². The number of nitrogens with one attached hydrogen (secondary N) is 1. The maximum absolute atomic E-state index is 12.1. The minimum absolute atomic E-state index is 0.00384. The van der Waals surface area contributed by atoms with Gasteiger partial charge in [0, 0.05) is 33.3 Å². The van der Waals surface area contributed by atoms with Crippen LogP contribution in [0.25, 0.3) is 0 Å². The van der Waals surface area contributed by atoms with Gasteiger partial charge in [-0.25, -0.2) is 0 Å². The molecule has 0 saturated carbocycles. The summed E-state index contributed by atoms with van der Waals surface area (Å²) >= 11 is 0. The van der Waals surface area contributed by atoms with Crippen LogP contribution < -0.4 is 5.32 Å². The molecule has 0 bridgehead atoms. The third-order valence-corrected chi connectivity index (χ3v) is 2.43. The number of hydrogen-bond donors (Lipinski definition) is 1. The number of carbonyl (C=O) groups excluding carboxylic acids is 1. The fraction of sp³-hybridized carbons (Fsp3) is 0.727. The van der Waals surface area contributed by atoms with Crippen LogP contribution >= 0.6 is 0 Å². The lowest BCUT2D eigenvalue weighted by Gasteiger charge is -2.29. The zero-order chi connectivity index (χ0) is 11.8. The predicted octanol–water partition coefficient (Wildman–Crippen LogP) is -0.364. The molecule has 0 aromatic carbocycles. The quantitative estimate of drug-likeness (QED) is 0.631. The molecule has 1 aliphatic heterocycles. The fourth-order valence-electron chi connectivity index (χ4n) is 1.58. The van der Waals surface area contributed by atoms with E-state index in [-0.39, 0.29) is 12.0 Å². The second-order valence-electron chi connectivity index (χ2n) is 3.63. The van der Waals surface area contributed by atoms with Crippen LogP contribution in [0.4, 0.5) is 0 Å². The fourth-order valence-corrected chi connectivity index (χ4v) is 1.58. The zero-order valence-electron chi connectivity index (χ0n) is 9.78. The molecular formula is C11H20N2O3. The smallest absolute Gasteiger partial charge is 0.253 e. The van der Waals surface area contributed by atoms with E-state index in [0.29, 0.717) is 32.8 Å². The van der Waals surface area contributed by atoms with Gasteiger partial charge in [-0.2, -0.15) is 0 Å². The van der Waals surface area contributed by atoms with Crippen LogP contribution in [0.1, 0.15) is 0 Å². The van der Waals surface area contributed by atoms with Crippen LogP contribution in [0, 0.1) is 0 Å². The van der Waals surface area contributed by atoms with Gasteiger partial charge in [0.25, 0.3) is 5.91 Å². The Morgan fingerprint density at radius 1 is 1.75 bits per heavy atom. The molecule has 0 aromatic heterocycles. The van der Waals surface area contributed by atoms with Crippen molar-refractivity contribution in [2.75, 3.05) is 46.5 Å². The summed E-state index contributed by atoms with van der Waals surface area (Å²) < 4.78 is 10.4. The van der Waals surface area contributed by atoms with Crippen LogP contribution in [0.5, 0.6) is 0 Å². The number of ether oxygens (including phenoxy) is 2. The molecule has 1 fully saturated rings. The Morgan fingerprint density at radius 2 is 2.56 bits per heavy atom. The van der Waals surface area contributed by atoms with Gasteiger partial charge in [-0.1, -0.05) is 6.08 Å². The van der Waals surface area contributed by atoms with Gasteiger partial charge >= 0.3 is 0 Å². The summed E-state index contributed by atoms with van der Waals surface area (Å²) in [5.74, 6) is 0.00384. The van der Waals surface area contributed by atoms with Crippen molar-refractivity contribution in [1.82, 2.24) is 10.2 Å². The van der Waals surface area contributed by atoms with Crippen LogP contribution in [0.2, 0.25) is 0 Å². The molecule has 1 rings (SSSR count). The Labute approximate surface area is 96.4 Å². The molecule has 0 radical (unpaired) electrons. The molecule has 0 spiro atoms. The lowest BCUT2D eigenvalue weighted by atomic mass is 10.2. The summed E-state index contributed by atoms with van der Waals surface area (Å²) in [7, 11) is 1.62. The Balaban J connectivity index is 2.47. The summed E-state index contributed by atoms with van der Waals surface area (Å²) in [6, 6.07) is 0. The van der Waals surface area contributed by atoms with Gasteiger partial charge in [0.15, 0.2) is 0 Å². The first-order chi connectivity index (χ1) is 7.79. The lowest BCUT2D eigenvalue weighted by molar-refractivity contribution is -0.145. The van der Waals surface area contributed by atoms with E-state index in [1.165, 1.54) is 0 Å². The topological polar surface area (TPSA) is 50.8 Å². The molecule has 1 aliphatic rings. The number of methoxy groups -OCH3 is 1. The Morgan fingerprint density at radius 3 is 3.12 bits per heavy atom. The maximum Gasteiger partial charge on any atom is 0.253 e. The van der Waals surface area contributed by atoms with E-state index in [9.17, 15) is 4.79 Å². The van der Waals surface area contributed by atoms with Crippen molar-refractivity contribution < 1.29 is 14.3 Å². The molecular weight excluding hydrogens is 208 g/mol. The van der Waals surface area contributed by atoms with Gasteiger partial charge in [0.05, 0.1) is 13.2 Å². The van der Waals surface area contributed by atoms with Crippen LogP contribution in [-0.2, 0) is 14.3 Å². The van der Waals surface area contributed by atoms with E-state index in [2.05, 4.69) is 11.9 Å². The highest BCUT2D eigenvalue weighted by molar-refractivity contribution is 5.81. The molecule has 1 unspecified atom stereocenters. The van der Waals surface area contributed by atoms with Crippen molar-refractivity contribution in [2.45, 2.75) is 6.10 Å². The van der Waals surface area contributed by atoms with E-state index in [1.807, 2.05) is 0 Å². The van der Waals surface area contributed by atoms with E-state index in [0.717, 1.165) is 6.54 Å². The normalized spacial score (nSPS) is 20.4. The van der Waals surface area contributed by atoms with Gasteiger partial charge < -0.3 is 19.7 Å². The van der Waals surface area contributed by atoms with Gasteiger partial charge in [-0.15, -0.1) is 6.58 Å². The Bertz CT molecular complexity index is 227. The van der Waals surface area contributed by atoms with E-state index in [4.69, 9.17) is 9.47 Å². The molecule has 1 N–H and O–H groups in total. The lowest BCUT2D eigenvalue weighted by Crippen LogP contribution is -2.50. The van der Waals surface area contributed by atoms with Crippen LogP contribution in [0.3, 0.4) is 0 Å². The van der Waals surface area contributed by atoms with Gasteiger partial charge in [-0.05, 0) is 0 Å². The largest absolute Gasteiger partial charge is 0.383 e. The Kier molecular flexibility index (Phi) is 6.07. The molecule has 5 nitrogen and oxygen atoms in total. The van der Waals surface area contributed by atoms with Crippen molar-refractivity contribution in [1.29, 1.82) is 0 Å². The molecule has 1 amide bonds. The van der Waals surface area contributed by atoms with Crippen LogP contribution in [-0.4, -0.2) is 63.4 Å². The SMILES string of the molecule is C=CCN(CCOC)C(=O)C1CNCCO1. The van der Waals surface area contributed by atoms with Gasteiger partial charge in [0.1, 0.15) is 6.10 Å². The predicted molar refractivity (Wildman–Crippen MR) is 61.3 cm³/mol. The second-order valence-corrected chi connectivity index (χ2v) is 3.63. The Hall–Kier alpha value is -0.910. The number of morpholine rings is 1. The molecule has 16 heavy (non-hydrogen) atoms. The summed E-state index contributed by atoms with van der Waals surface area (Å²) in [6.45, 7) is 7.25. The molecule has 0 aromatic rings. The van der Waals surface area contributed by atoms with Crippen molar-refractivity contribution in [3.63, 3.8) is 0 Å². The zero-order valence-corrected chi connectivity index (χ0v) is 9.78. The maximum atomic E-state index is 12.1. The minimum atomic E-state index is -0.370. The minimum Gasteiger partial charge on any atom is -0.383 e. The number of amides is 1. The van der Waals surface area contributed by atoms with Gasteiger partial charge in [0.2, 0.25) is 0 Å². The van der Waals surface area contributed by atoms with Crippen molar-refractivity contribution in [3.8, 4) is 0 Å². The average Bonchev–Trinajstić information content (AvgIpc) is 2.35. The van der Waals surface area contributed by atoms with E-state index >= 15 is 0 Å². The molecule has 1 atom stereocenters. The summed E-state index contributed by atoms with van der Waals surface area (Å²) in [6.07, 6.45) is 1.34. The van der Waals surface area contributed by atoms with Crippen molar-refractivity contribution in [3.05, 3.63) is 12.7 Å². The van der Waals surface area contributed by atoms with Crippen molar-refractivity contribution in [2.24, 2.45) is 0 Å². The number of hydrogen-bond acceptors (Lipinski definition) is 4. The first-order valence-electron chi connectivity index (χ1n) is 5.50. The summed E-state index contributed by atoms with van der Waals surface area (Å²) in [5.41, 5.74) is 0. The summed E-state index contributed by atoms with van der Waals surface area (Å²) in [5, 5.41) is 3.14. The number of nitrogens with zero attached hydrogens (tertiary/aromatic N) is 1. The molecule has 5 heteroatoms. The molecule has 92 valence electrons. The highest BCUT2D eigenvalue weighted by Gasteiger charge is 2.25. The number of rotatable bonds is 6. The van der Waals surface area contributed by atoms with Gasteiger partial charge in [-0.3, -0.25) is 4.79 Å². The molecule has 0 aliphatic carbocycles. The monoisotopic (exact) mass is 228 g/mol. The highest BCUT2D eigenvalue weighted by atomic mass is 16.5. The molecule has 1 saturated heterocycles. The number of carbonyl (C=O) groups is 1. The second kappa shape index (κ2) is 7.38. The first-order valence-corrected chi connectivity index (χ1v) is 5.50. The third kappa shape index (κ3) is 3.92. The third-order valence-electron chi connectivity index (χ3n) is 2.43. The first kappa shape index (κ1) is 13.2. The van der Waals surface area contributed by atoms with Crippen molar-refractivity contribution >= 4 is 5.91 Å². The van der Waals surface area contributed by atoms with Crippen LogP contribution in [0.15, 0.2) is 12.7 Å². The highest BCUT2D eigenvalue weighted by Crippen LogP contribution is 2.02. The average molecular weight is 228 g/mol. The van der Waals surface area contributed by atoms with E-state index < -0.39 is 0 Å². The molecule has 1 heterocycles. The standard InChI is InChI=1S/C11H20N2O3/c1-3-5-13(6-8-15-2)11(14)10-9-12-4-7-16-10/h3,10,12H,1,4-9H2,2H3.